The second-order valence-electron chi connectivity index (χ2n) is 2.48. The summed E-state index contributed by atoms with van der Waals surface area (Å²) >= 11 is 0. The van der Waals surface area contributed by atoms with Gasteiger partial charge >= 0.3 is 0 Å². The second-order valence-corrected chi connectivity index (χ2v) is 4.69. The Kier molecular flexibility index (Phi) is 5.83. The van der Waals surface area contributed by atoms with Crippen molar-refractivity contribution in [3.63, 3.8) is 0 Å². The number of hydrogen-bond donors (Lipinski definition) is 3. The first-order chi connectivity index (χ1) is 5.61. The monoisotopic (exact) mass is 192 g/mol. The molecule has 0 aromatic rings. The highest BCUT2D eigenvalue weighted by molar-refractivity contribution is 7.45. The van der Waals surface area contributed by atoms with Gasteiger partial charge in [0.1, 0.15) is 6.11 Å². The summed E-state index contributed by atoms with van der Waals surface area (Å²) in [5.74, 6) is 2.32. The van der Waals surface area contributed by atoms with E-state index in [1.54, 1.807) is 13.0 Å². The fourth-order valence-electron chi connectivity index (χ4n) is 0.651. The average Bonchev–Trinajstić information content (AvgIpc) is 2.04. The van der Waals surface area contributed by atoms with E-state index in [9.17, 15) is 4.57 Å². The zero-order valence-corrected chi connectivity index (χ0v) is 7.82. The fourth-order valence-corrected chi connectivity index (χ4v) is 1.82. The van der Waals surface area contributed by atoms with Crippen LogP contribution in [0, 0.1) is 12.0 Å². The molecule has 0 saturated carbocycles. The molecule has 0 amide bonds. The van der Waals surface area contributed by atoms with Crippen LogP contribution >= 0.6 is 7.80 Å². The molecule has 0 aromatic carbocycles. The Bertz CT molecular complexity index is 205. The summed E-state index contributed by atoms with van der Waals surface area (Å²) in [5, 5.41) is 25.5. The summed E-state index contributed by atoms with van der Waals surface area (Å²) in [4.78, 5) is 0. The van der Waals surface area contributed by atoms with Crippen LogP contribution in [0.1, 0.15) is 6.92 Å². The highest BCUT2D eigenvalue weighted by Crippen LogP contribution is 2.27. The van der Waals surface area contributed by atoms with Crippen molar-refractivity contribution < 1.29 is 19.9 Å². The predicted octanol–water partition coefficient (Wildman–Crippen LogP) is -0.379. The molecule has 0 aliphatic carbocycles. The van der Waals surface area contributed by atoms with Gasteiger partial charge in [0.15, 0.2) is 0 Å². The van der Waals surface area contributed by atoms with Gasteiger partial charge in [-0.05, 0) is 12.8 Å². The number of rotatable bonds is 4. The van der Waals surface area contributed by atoms with E-state index < -0.39 is 26.2 Å². The molecule has 5 heteroatoms. The summed E-state index contributed by atoms with van der Waals surface area (Å²) in [7, 11) is -2.03. The van der Waals surface area contributed by atoms with Gasteiger partial charge in [-0.25, -0.2) is 0 Å². The lowest BCUT2D eigenvalue weighted by Crippen LogP contribution is -2.16. The van der Waals surface area contributed by atoms with Crippen molar-refractivity contribution in [2.75, 3.05) is 12.8 Å². The molecule has 70 valence electrons. The van der Waals surface area contributed by atoms with Gasteiger partial charge in [0.25, 0.3) is 0 Å². The standard InChI is InChI=1S/C7H13O4P/c1-6(2-3-8)12(11)5-7(10)4-9/h6-10,12H,4-5H2,1H3. The Labute approximate surface area is 72.0 Å². The molecule has 0 aliphatic heterocycles. The van der Waals surface area contributed by atoms with Crippen LogP contribution in [0.4, 0.5) is 0 Å². The van der Waals surface area contributed by atoms with Crippen molar-refractivity contribution in [1.82, 2.24) is 0 Å². The van der Waals surface area contributed by atoms with Crippen LogP contribution in [-0.4, -0.2) is 39.9 Å². The molecule has 0 radical (unpaired) electrons. The predicted molar refractivity (Wildman–Crippen MR) is 46.1 cm³/mol. The molecule has 3 unspecified atom stereocenters. The van der Waals surface area contributed by atoms with Crippen LogP contribution in [0.5, 0.6) is 0 Å². The minimum atomic E-state index is -2.03. The lowest BCUT2D eigenvalue weighted by molar-refractivity contribution is 0.112. The van der Waals surface area contributed by atoms with Gasteiger partial charge in [0, 0.05) is 6.16 Å². The molecule has 0 aromatic heterocycles. The molecule has 0 fully saturated rings. The van der Waals surface area contributed by atoms with E-state index in [1.807, 2.05) is 0 Å². The van der Waals surface area contributed by atoms with Crippen LogP contribution in [0.25, 0.3) is 0 Å². The summed E-state index contributed by atoms with van der Waals surface area (Å²) in [6.45, 7) is 1.21. The Morgan fingerprint density at radius 3 is 2.58 bits per heavy atom. The van der Waals surface area contributed by atoms with E-state index in [2.05, 4.69) is 5.92 Å². The molecule has 3 atom stereocenters. The molecule has 0 rings (SSSR count). The van der Waals surface area contributed by atoms with Gasteiger partial charge < -0.3 is 19.9 Å². The lowest BCUT2D eigenvalue weighted by atomic mass is 10.4. The van der Waals surface area contributed by atoms with Crippen LogP contribution < -0.4 is 0 Å². The molecule has 0 heterocycles. The quantitative estimate of drug-likeness (QED) is 0.419. The molecule has 0 aliphatic rings. The zero-order chi connectivity index (χ0) is 9.56. The van der Waals surface area contributed by atoms with E-state index >= 15 is 0 Å². The first-order valence-corrected chi connectivity index (χ1v) is 5.27. The Hall–Kier alpha value is -0.490. The van der Waals surface area contributed by atoms with Gasteiger partial charge in [-0.1, -0.05) is 0 Å². The first-order valence-electron chi connectivity index (χ1n) is 3.58. The van der Waals surface area contributed by atoms with Gasteiger partial charge in [-0.2, -0.15) is 0 Å². The summed E-state index contributed by atoms with van der Waals surface area (Å²) in [6.07, 6.45) is 0.778. The normalized spacial score (nSPS) is 17.2. The largest absolute Gasteiger partial charge is 0.462 e. The highest BCUT2D eigenvalue weighted by Gasteiger charge is 2.12. The highest BCUT2D eigenvalue weighted by atomic mass is 31.1. The number of hydrogen-bond acceptors (Lipinski definition) is 4. The van der Waals surface area contributed by atoms with E-state index in [-0.39, 0.29) is 6.16 Å². The van der Waals surface area contributed by atoms with E-state index in [0.717, 1.165) is 0 Å². The molecule has 3 N–H and O–H groups in total. The van der Waals surface area contributed by atoms with E-state index in [4.69, 9.17) is 15.3 Å². The SMILES string of the molecule is CC(C#CO)[PH](=O)CC(O)CO. The van der Waals surface area contributed by atoms with Gasteiger partial charge in [0.05, 0.1) is 26.2 Å². The average molecular weight is 192 g/mol. The minimum Gasteiger partial charge on any atom is -0.462 e. The Morgan fingerprint density at radius 1 is 1.58 bits per heavy atom. The van der Waals surface area contributed by atoms with Gasteiger partial charge in [-0.3, -0.25) is 0 Å². The van der Waals surface area contributed by atoms with Crippen LogP contribution in [0.15, 0.2) is 0 Å². The molecular weight excluding hydrogens is 179 g/mol. The van der Waals surface area contributed by atoms with Crippen molar-refractivity contribution in [3.05, 3.63) is 0 Å². The van der Waals surface area contributed by atoms with Crippen molar-refractivity contribution in [2.45, 2.75) is 18.7 Å². The van der Waals surface area contributed by atoms with Crippen molar-refractivity contribution >= 4 is 7.80 Å². The Morgan fingerprint density at radius 2 is 2.17 bits per heavy atom. The fraction of sp³-hybridized carbons (Fsp3) is 0.714. The first kappa shape index (κ1) is 11.5. The summed E-state index contributed by atoms with van der Waals surface area (Å²) < 4.78 is 11.2. The third-order valence-electron chi connectivity index (χ3n) is 1.41. The lowest BCUT2D eigenvalue weighted by Gasteiger charge is -2.08. The third-order valence-corrected chi connectivity index (χ3v) is 3.40. The van der Waals surface area contributed by atoms with Gasteiger partial charge in [-0.15, -0.1) is 0 Å². The van der Waals surface area contributed by atoms with Crippen molar-refractivity contribution in [3.8, 4) is 12.0 Å². The molecule has 0 saturated heterocycles. The zero-order valence-electron chi connectivity index (χ0n) is 6.82. The van der Waals surface area contributed by atoms with Gasteiger partial charge in [0.2, 0.25) is 0 Å². The van der Waals surface area contributed by atoms with Crippen molar-refractivity contribution in [2.24, 2.45) is 0 Å². The number of aliphatic hydroxyl groups excluding tert-OH is 3. The third kappa shape index (κ3) is 4.40. The van der Waals surface area contributed by atoms with Crippen LogP contribution in [-0.2, 0) is 4.57 Å². The molecule has 12 heavy (non-hydrogen) atoms. The van der Waals surface area contributed by atoms with E-state index in [1.165, 1.54) is 0 Å². The minimum absolute atomic E-state index is 0.0526. The van der Waals surface area contributed by atoms with Crippen molar-refractivity contribution in [1.29, 1.82) is 0 Å². The topological polar surface area (TPSA) is 77.8 Å². The van der Waals surface area contributed by atoms with E-state index in [0.29, 0.717) is 0 Å². The second kappa shape index (κ2) is 6.07. The molecule has 0 bridgehead atoms. The molecular formula is C7H13O4P. The van der Waals surface area contributed by atoms with Crippen LogP contribution in [0.3, 0.4) is 0 Å². The maximum atomic E-state index is 11.2. The smallest absolute Gasteiger partial charge is 0.108 e. The summed E-state index contributed by atoms with van der Waals surface area (Å²) in [6, 6.07) is 0. The maximum Gasteiger partial charge on any atom is 0.108 e. The Balaban J connectivity index is 3.92. The summed E-state index contributed by atoms with van der Waals surface area (Å²) in [5.41, 5.74) is -0.416. The molecule has 4 nitrogen and oxygen atoms in total. The number of aliphatic hydroxyl groups is 3. The molecule has 0 spiro atoms. The maximum absolute atomic E-state index is 11.2. The van der Waals surface area contributed by atoms with Crippen LogP contribution in [0.2, 0.25) is 0 Å².